The van der Waals surface area contributed by atoms with Gasteiger partial charge in [0.2, 0.25) is 5.91 Å². The highest BCUT2D eigenvalue weighted by molar-refractivity contribution is 7.80. The van der Waals surface area contributed by atoms with E-state index in [-0.39, 0.29) is 6.42 Å². The Hall–Kier alpha value is -2.24. The average Bonchev–Trinajstić information content (AvgIpc) is 3.29. The minimum absolute atomic E-state index is 0.219. The number of allylic oxidation sites excluding steroid dienone is 9. The van der Waals surface area contributed by atoms with Gasteiger partial charge in [0.1, 0.15) is 30.5 Å². The first-order valence-corrected chi connectivity index (χ1v) is 27.1. The molecule has 1 heterocycles. The van der Waals surface area contributed by atoms with Crippen LogP contribution in [0.5, 0.6) is 0 Å². The van der Waals surface area contributed by atoms with E-state index in [2.05, 4.69) is 72.0 Å². The Kier molecular flexibility index (Phi) is 39.0. The number of amides is 1. The first-order valence-electron chi connectivity index (χ1n) is 25.8. The molecule has 0 radical (unpaired) electrons. The van der Waals surface area contributed by atoms with Crippen molar-refractivity contribution in [1.29, 1.82) is 0 Å². The van der Waals surface area contributed by atoms with Crippen molar-refractivity contribution in [1.82, 2.24) is 5.32 Å². The first kappa shape index (κ1) is 61.8. The van der Waals surface area contributed by atoms with E-state index in [4.69, 9.17) is 9.47 Å². The molecule has 0 bridgehead atoms. The Balaban J connectivity index is 2.53. The molecule has 0 spiro atoms. The van der Waals surface area contributed by atoms with E-state index in [9.17, 15) is 43.3 Å². The van der Waals surface area contributed by atoms with E-state index in [1.807, 2.05) is 0 Å². The number of carbonyl (C=O) groups excluding carboxylic acids is 1. The number of rotatable bonds is 43. The highest BCUT2D eigenvalue weighted by Gasteiger charge is 2.48. The normalized spacial score (nSPS) is 21.0. The summed E-state index contributed by atoms with van der Waals surface area (Å²) in [6, 6.07) is -1.15. The maximum Gasteiger partial charge on any atom is 0.397 e. The summed E-state index contributed by atoms with van der Waals surface area (Å²) in [5, 5.41) is 55.3. The van der Waals surface area contributed by atoms with Crippen molar-refractivity contribution in [2.24, 2.45) is 0 Å². The number of hydrogen-bond donors (Lipinski definition) is 7. The SMILES string of the molecule is CCCCCCC/C=C/CC/C=C/CC/C=C/C(O)C(COC1OC(CO)C(O)C(OS(=O)(=O)O)C1O)NC(=O)C(O)CCCCCCCC/C=C\C/C=C\CCCCCCCCCCC. The molecule has 7 N–H and O–H groups in total. The van der Waals surface area contributed by atoms with Crippen LogP contribution in [-0.4, -0.2) is 107 Å². The lowest BCUT2D eigenvalue weighted by molar-refractivity contribution is -0.298. The molecule has 0 aromatic heterocycles. The van der Waals surface area contributed by atoms with Gasteiger partial charge in [0.15, 0.2) is 6.29 Å². The van der Waals surface area contributed by atoms with Crippen LogP contribution in [0.2, 0.25) is 0 Å². The molecule has 1 saturated heterocycles. The molecule has 8 atom stereocenters. The fourth-order valence-electron chi connectivity index (χ4n) is 7.76. The molecule has 1 aliphatic rings. The van der Waals surface area contributed by atoms with Gasteiger partial charge in [0, 0.05) is 0 Å². The van der Waals surface area contributed by atoms with E-state index in [1.54, 1.807) is 6.08 Å². The zero-order chi connectivity index (χ0) is 48.5. The number of ether oxygens (including phenoxy) is 2. The molecule has 1 fully saturated rings. The highest BCUT2D eigenvalue weighted by atomic mass is 32.3. The minimum atomic E-state index is -5.13. The number of aliphatic hydroxyl groups is 5. The second-order valence-corrected chi connectivity index (χ2v) is 18.9. The Bertz CT molecular complexity index is 1420. The number of carbonyl (C=O) groups is 1. The van der Waals surface area contributed by atoms with E-state index >= 15 is 0 Å². The van der Waals surface area contributed by atoms with Crippen molar-refractivity contribution in [3.8, 4) is 0 Å². The van der Waals surface area contributed by atoms with Crippen LogP contribution >= 0.6 is 0 Å². The lowest BCUT2D eigenvalue weighted by Crippen LogP contribution is -2.61. The van der Waals surface area contributed by atoms with Gasteiger partial charge in [-0.25, -0.2) is 4.18 Å². The third-order valence-electron chi connectivity index (χ3n) is 11.9. The van der Waals surface area contributed by atoms with Gasteiger partial charge in [0.25, 0.3) is 0 Å². The largest absolute Gasteiger partial charge is 0.397 e. The van der Waals surface area contributed by atoms with E-state index in [0.717, 1.165) is 70.6 Å². The van der Waals surface area contributed by atoms with Gasteiger partial charge in [-0.1, -0.05) is 184 Å². The minimum Gasteiger partial charge on any atom is -0.394 e. The summed E-state index contributed by atoms with van der Waals surface area (Å²) >= 11 is 0. The number of unbranched alkanes of at least 4 members (excludes halogenated alkanes) is 22. The van der Waals surface area contributed by atoms with Crippen molar-refractivity contribution in [2.75, 3.05) is 13.2 Å². The van der Waals surface area contributed by atoms with E-state index in [1.165, 1.54) is 102 Å². The van der Waals surface area contributed by atoms with Crippen LogP contribution in [0.15, 0.2) is 60.8 Å². The Morgan fingerprint density at radius 2 is 1.06 bits per heavy atom. The van der Waals surface area contributed by atoms with Crippen LogP contribution in [0.3, 0.4) is 0 Å². The molecule has 384 valence electrons. The Morgan fingerprint density at radius 1 is 0.621 bits per heavy atom. The molecular weight excluding hydrogens is 863 g/mol. The number of nitrogens with one attached hydrogen (secondary N) is 1. The molecule has 0 aliphatic carbocycles. The molecule has 8 unspecified atom stereocenters. The summed E-state index contributed by atoms with van der Waals surface area (Å²) in [4.78, 5) is 13.1. The molecule has 0 aromatic carbocycles. The summed E-state index contributed by atoms with van der Waals surface area (Å²) < 4.78 is 47.6. The zero-order valence-electron chi connectivity index (χ0n) is 40.9. The maximum atomic E-state index is 13.1. The predicted octanol–water partition coefficient (Wildman–Crippen LogP) is 9.97. The fourth-order valence-corrected chi connectivity index (χ4v) is 8.27. The van der Waals surface area contributed by atoms with Crippen LogP contribution < -0.4 is 5.32 Å². The molecule has 66 heavy (non-hydrogen) atoms. The molecular formula is C52H93NO12S. The first-order chi connectivity index (χ1) is 31.9. The molecule has 0 saturated carbocycles. The number of hydrogen-bond acceptors (Lipinski definition) is 11. The third kappa shape index (κ3) is 33.3. The van der Waals surface area contributed by atoms with Gasteiger partial charge in [0.05, 0.1) is 25.4 Å². The van der Waals surface area contributed by atoms with E-state index in [0.29, 0.717) is 12.8 Å². The summed E-state index contributed by atoms with van der Waals surface area (Å²) in [5.41, 5.74) is 0. The van der Waals surface area contributed by atoms with Crippen molar-refractivity contribution < 1.29 is 57.0 Å². The number of aliphatic hydroxyl groups excluding tert-OH is 5. The summed E-state index contributed by atoms with van der Waals surface area (Å²) in [6.07, 6.45) is 41.6. The van der Waals surface area contributed by atoms with Crippen molar-refractivity contribution in [2.45, 2.75) is 249 Å². The van der Waals surface area contributed by atoms with Gasteiger partial charge in [-0.3, -0.25) is 9.35 Å². The lowest BCUT2D eigenvalue weighted by atomic mass is 9.99. The second kappa shape index (κ2) is 41.7. The summed E-state index contributed by atoms with van der Waals surface area (Å²) in [5.74, 6) is -0.726. The average molecular weight is 956 g/mol. The molecule has 1 aliphatic heterocycles. The highest BCUT2D eigenvalue weighted by Crippen LogP contribution is 2.26. The molecule has 13 nitrogen and oxygen atoms in total. The van der Waals surface area contributed by atoms with Crippen LogP contribution in [0.25, 0.3) is 0 Å². The van der Waals surface area contributed by atoms with Crippen molar-refractivity contribution >= 4 is 16.3 Å². The van der Waals surface area contributed by atoms with Gasteiger partial charge in [-0.2, -0.15) is 8.42 Å². The van der Waals surface area contributed by atoms with Gasteiger partial charge >= 0.3 is 10.4 Å². The quantitative estimate of drug-likeness (QED) is 0.0173. The maximum absolute atomic E-state index is 13.1. The summed E-state index contributed by atoms with van der Waals surface area (Å²) in [7, 11) is -5.13. The third-order valence-corrected chi connectivity index (χ3v) is 12.3. The molecule has 1 amide bonds. The van der Waals surface area contributed by atoms with Crippen LogP contribution in [0.1, 0.15) is 200 Å². The summed E-state index contributed by atoms with van der Waals surface area (Å²) in [6.45, 7) is 3.18. The second-order valence-electron chi connectivity index (χ2n) is 17.9. The zero-order valence-corrected chi connectivity index (χ0v) is 41.7. The Morgan fingerprint density at radius 3 is 1.55 bits per heavy atom. The van der Waals surface area contributed by atoms with E-state index < -0.39 is 78.5 Å². The topological polar surface area (TPSA) is 212 Å². The molecule has 1 rings (SSSR count). The van der Waals surface area contributed by atoms with Gasteiger partial charge in [-0.05, 0) is 77.0 Å². The van der Waals surface area contributed by atoms with Gasteiger partial charge < -0.3 is 40.3 Å². The molecule has 14 heteroatoms. The van der Waals surface area contributed by atoms with Crippen LogP contribution in [0, 0.1) is 0 Å². The van der Waals surface area contributed by atoms with Crippen LogP contribution in [0.4, 0.5) is 0 Å². The smallest absolute Gasteiger partial charge is 0.394 e. The standard InChI is InChI=1S/C52H93NO12S/c1-3-5-7-9-11-13-15-17-19-20-21-22-23-24-25-27-29-31-33-35-37-39-41-46(56)51(59)53-44(43-63-52-49(58)50(65-66(60,61)62)48(57)47(42-54)64-52)45(55)40-38-36-34-32-30-28-26-18-16-14-12-10-8-6-4-2/h16,18,21-22,24-25,30,32,38,40,44-50,52,54-58H,3-15,17,19-20,23,26-29,31,33-37,39,41-43H2,1-2H3,(H,53,59)(H,60,61,62)/b18-16+,22-21-,25-24-,32-30+,40-38+. The monoisotopic (exact) mass is 956 g/mol. The lowest BCUT2D eigenvalue weighted by Gasteiger charge is -2.41. The predicted molar refractivity (Wildman–Crippen MR) is 265 cm³/mol. The molecule has 0 aromatic rings. The van der Waals surface area contributed by atoms with Crippen LogP contribution in [-0.2, 0) is 28.9 Å². The fraction of sp³-hybridized carbons (Fsp3) is 0.788. The van der Waals surface area contributed by atoms with Crippen molar-refractivity contribution in [3.63, 3.8) is 0 Å². The van der Waals surface area contributed by atoms with Gasteiger partial charge in [-0.15, -0.1) is 0 Å². The Labute approximate surface area is 400 Å². The van der Waals surface area contributed by atoms with Crippen molar-refractivity contribution in [3.05, 3.63) is 60.8 Å².